The van der Waals surface area contributed by atoms with Crippen LogP contribution in [0.4, 0.5) is 14.5 Å². The highest BCUT2D eigenvalue weighted by Crippen LogP contribution is 2.20. The van der Waals surface area contributed by atoms with Crippen molar-refractivity contribution in [3.8, 4) is 0 Å². The first-order valence-electron chi connectivity index (χ1n) is 4.56. The van der Waals surface area contributed by atoms with Gasteiger partial charge in [-0.2, -0.15) is 23.7 Å². The van der Waals surface area contributed by atoms with Crippen LogP contribution in [0.2, 0.25) is 5.15 Å². The minimum atomic E-state index is -2.96. The van der Waals surface area contributed by atoms with Gasteiger partial charge in [0.25, 0.3) is 5.91 Å². The van der Waals surface area contributed by atoms with Gasteiger partial charge in [-0.1, -0.05) is 16.8 Å². The first-order chi connectivity index (χ1) is 8.59. The van der Waals surface area contributed by atoms with Crippen molar-refractivity contribution in [2.75, 3.05) is 5.32 Å². The number of anilines is 1. The molecule has 2 rings (SSSR count). The molecule has 0 bridgehead atoms. The van der Waals surface area contributed by atoms with Crippen molar-refractivity contribution in [2.45, 2.75) is 6.55 Å². The van der Waals surface area contributed by atoms with Crippen molar-refractivity contribution in [3.05, 3.63) is 29.3 Å². The van der Waals surface area contributed by atoms with Crippen LogP contribution in [0.3, 0.4) is 0 Å². The molecule has 0 saturated carbocycles. The highest BCUT2D eigenvalue weighted by Gasteiger charge is 2.22. The third-order valence-electron chi connectivity index (χ3n) is 1.88. The van der Waals surface area contributed by atoms with Gasteiger partial charge in [0.15, 0.2) is 10.8 Å². The SMILES string of the molecule is O=C(Nc1ccnnc1)c1nnn(C(F)F)c1Cl. The van der Waals surface area contributed by atoms with Gasteiger partial charge in [-0.3, -0.25) is 4.79 Å². The number of amides is 1. The van der Waals surface area contributed by atoms with Gasteiger partial charge in [0, 0.05) is 0 Å². The predicted octanol–water partition coefficient (Wildman–Crippen LogP) is 1.37. The number of nitrogens with zero attached hydrogens (tertiary/aromatic N) is 5. The molecule has 0 aliphatic heterocycles. The summed E-state index contributed by atoms with van der Waals surface area (Å²) in [4.78, 5) is 11.7. The number of nitrogens with one attached hydrogen (secondary N) is 1. The standard InChI is InChI=1S/C8H5ClF2N6O/c9-6-5(15-16-17(6)8(10)11)7(18)14-4-1-2-12-13-3-4/h1-3,8H,(H,12,14,18). The van der Waals surface area contributed by atoms with Crippen molar-refractivity contribution in [1.29, 1.82) is 0 Å². The lowest BCUT2D eigenvalue weighted by atomic mass is 10.4. The van der Waals surface area contributed by atoms with Gasteiger partial charge in [0.05, 0.1) is 18.1 Å². The number of rotatable bonds is 3. The van der Waals surface area contributed by atoms with Gasteiger partial charge in [0.1, 0.15) is 0 Å². The molecule has 0 aliphatic carbocycles. The maximum atomic E-state index is 12.4. The minimum absolute atomic E-state index is 0.140. The molecule has 10 heteroatoms. The second-order valence-corrected chi connectivity index (χ2v) is 3.39. The Morgan fingerprint density at radius 3 is 2.78 bits per heavy atom. The summed E-state index contributed by atoms with van der Waals surface area (Å²) in [6, 6.07) is 1.47. The van der Waals surface area contributed by atoms with Crippen LogP contribution in [0.25, 0.3) is 0 Å². The Kier molecular flexibility index (Phi) is 3.42. The lowest BCUT2D eigenvalue weighted by Crippen LogP contribution is -2.13. The summed E-state index contributed by atoms with van der Waals surface area (Å²) >= 11 is 5.55. The largest absolute Gasteiger partial charge is 0.335 e. The second kappa shape index (κ2) is 5.00. The smallest absolute Gasteiger partial charge is 0.319 e. The average Bonchev–Trinajstić information content (AvgIpc) is 2.72. The zero-order valence-electron chi connectivity index (χ0n) is 8.59. The van der Waals surface area contributed by atoms with Gasteiger partial charge < -0.3 is 5.32 Å². The van der Waals surface area contributed by atoms with Gasteiger partial charge in [-0.25, -0.2) is 0 Å². The third kappa shape index (κ3) is 2.40. The van der Waals surface area contributed by atoms with Gasteiger partial charge in [-0.15, -0.1) is 5.10 Å². The van der Waals surface area contributed by atoms with Crippen molar-refractivity contribution < 1.29 is 13.6 Å². The maximum absolute atomic E-state index is 12.4. The van der Waals surface area contributed by atoms with Crippen molar-refractivity contribution >= 4 is 23.2 Å². The molecule has 2 aromatic heterocycles. The van der Waals surface area contributed by atoms with E-state index in [1.807, 2.05) is 0 Å². The normalized spacial score (nSPS) is 10.7. The summed E-state index contributed by atoms with van der Waals surface area (Å²) in [6.07, 6.45) is 2.64. The molecular formula is C8H5ClF2N6O. The number of halogens is 3. The fourth-order valence-electron chi connectivity index (χ4n) is 1.10. The van der Waals surface area contributed by atoms with E-state index in [0.29, 0.717) is 5.69 Å². The first-order valence-corrected chi connectivity index (χ1v) is 4.94. The van der Waals surface area contributed by atoms with Crippen molar-refractivity contribution in [3.63, 3.8) is 0 Å². The average molecular weight is 275 g/mol. The molecule has 18 heavy (non-hydrogen) atoms. The molecule has 2 heterocycles. The quantitative estimate of drug-likeness (QED) is 0.913. The summed E-state index contributed by atoms with van der Waals surface area (Å²) in [5.41, 5.74) is -0.0635. The molecule has 0 aliphatic rings. The van der Waals surface area contributed by atoms with E-state index in [4.69, 9.17) is 11.6 Å². The Labute approximate surface area is 104 Å². The summed E-state index contributed by atoms with van der Waals surface area (Å²) in [6.45, 7) is -2.96. The fraction of sp³-hybridized carbons (Fsp3) is 0.125. The topological polar surface area (TPSA) is 85.6 Å². The van der Waals surface area contributed by atoms with Gasteiger partial charge >= 0.3 is 6.55 Å². The van der Waals surface area contributed by atoms with Crippen LogP contribution in [0.1, 0.15) is 17.0 Å². The van der Waals surface area contributed by atoms with Crippen LogP contribution >= 0.6 is 11.6 Å². The predicted molar refractivity (Wildman–Crippen MR) is 56.3 cm³/mol. The summed E-state index contributed by atoms with van der Waals surface area (Å²) < 4.78 is 24.9. The highest BCUT2D eigenvalue weighted by atomic mass is 35.5. The van der Waals surface area contributed by atoms with Crippen LogP contribution in [-0.4, -0.2) is 31.1 Å². The molecular weight excluding hydrogens is 270 g/mol. The molecule has 1 amide bonds. The maximum Gasteiger partial charge on any atom is 0.335 e. The molecule has 0 fully saturated rings. The molecule has 0 unspecified atom stereocenters. The lowest BCUT2D eigenvalue weighted by Gasteiger charge is -2.02. The monoisotopic (exact) mass is 274 g/mol. The number of alkyl halides is 2. The van der Waals surface area contributed by atoms with E-state index in [2.05, 4.69) is 25.8 Å². The number of carbonyl (C=O) groups excluding carboxylic acids is 1. The molecule has 0 spiro atoms. The molecule has 0 saturated heterocycles. The molecule has 0 radical (unpaired) electrons. The van der Waals surface area contributed by atoms with Crippen LogP contribution in [0, 0.1) is 0 Å². The molecule has 1 N–H and O–H groups in total. The Morgan fingerprint density at radius 1 is 1.44 bits per heavy atom. The molecule has 0 atom stereocenters. The summed E-state index contributed by atoms with van der Waals surface area (Å²) in [7, 11) is 0. The molecule has 94 valence electrons. The van der Waals surface area contributed by atoms with Crippen molar-refractivity contribution in [1.82, 2.24) is 25.2 Å². The van der Waals surface area contributed by atoms with E-state index in [1.165, 1.54) is 18.5 Å². The van der Waals surface area contributed by atoms with E-state index < -0.39 is 23.3 Å². The Morgan fingerprint density at radius 2 is 2.22 bits per heavy atom. The van der Waals surface area contributed by atoms with Crippen molar-refractivity contribution in [2.24, 2.45) is 0 Å². The number of aromatic nitrogens is 5. The van der Waals surface area contributed by atoms with Gasteiger partial charge in [0.2, 0.25) is 0 Å². The zero-order valence-corrected chi connectivity index (χ0v) is 9.34. The third-order valence-corrected chi connectivity index (χ3v) is 2.23. The van der Waals surface area contributed by atoms with E-state index >= 15 is 0 Å². The summed E-state index contributed by atoms with van der Waals surface area (Å²) in [5.74, 6) is -0.764. The van der Waals surface area contributed by atoms with E-state index in [-0.39, 0.29) is 4.68 Å². The van der Waals surface area contributed by atoms with Crippen LogP contribution in [0.15, 0.2) is 18.5 Å². The fourth-order valence-corrected chi connectivity index (χ4v) is 1.33. The van der Waals surface area contributed by atoms with E-state index in [9.17, 15) is 13.6 Å². The summed E-state index contributed by atoms with van der Waals surface area (Å²) in [5, 5.41) is 15.2. The second-order valence-electron chi connectivity index (χ2n) is 3.04. The molecule has 7 nitrogen and oxygen atoms in total. The number of hydrogen-bond donors (Lipinski definition) is 1. The zero-order chi connectivity index (χ0) is 13.1. The first kappa shape index (κ1) is 12.3. The number of carbonyl (C=O) groups is 1. The van der Waals surface area contributed by atoms with E-state index in [1.54, 1.807) is 0 Å². The Balaban J connectivity index is 2.20. The van der Waals surface area contributed by atoms with Crippen LogP contribution in [-0.2, 0) is 0 Å². The molecule has 2 aromatic rings. The number of hydrogen-bond acceptors (Lipinski definition) is 5. The van der Waals surface area contributed by atoms with Crippen LogP contribution in [0.5, 0.6) is 0 Å². The molecule has 0 aromatic carbocycles. The van der Waals surface area contributed by atoms with Gasteiger partial charge in [-0.05, 0) is 6.07 Å². The Hall–Kier alpha value is -2.16. The minimum Gasteiger partial charge on any atom is -0.319 e. The van der Waals surface area contributed by atoms with Crippen LogP contribution < -0.4 is 5.32 Å². The lowest BCUT2D eigenvalue weighted by molar-refractivity contribution is 0.0549. The Bertz CT molecular complexity index is 560. The highest BCUT2D eigenvalue weighted by molar-refractivity contribution is 6.33. The van der Waals surface area contributed by atoms with E-state index in [0.717, 1.165) is 0 Å².